The minimum absolute atomic E-state index is 0.0999. The highest BCUT2D eigenvalue weighted by Gasteiger charge is 2.07. The largest absolute Gasteiger partial charge is 0.448 e. The van der Waals surface area contributed by atoms with Crippen LogP contribution in [0.4, 0.5) is 4.79 Å². The van der Waals surface area contributed by atoms with E-state index >= 15 is 0 Å². The third kappa shape index (κ3) is 3.75. The van der Waals surface area contributed by atoms with Crippen LogP contribution in [-0.2, 0) is 4.74 Å². The summed E-state index contributed by atoms with van der Waals surface area (Å²) in [6.45, 7) is 2.79. The molecule has 1 aromatic carbocycles. The summed E-state index contributed by atoms with van der Waals surface area (Å²) in [6.07, 6.45) is 0.776. The molecular formula is C12H16N6O2. The highest BCUT2D eigenvalue weighted by molar-refractivity contribution is 5.64. The normalized spacial score (nSPS) is 12.1. The van der Waals surface area contributed by atoms with Gasteiger partial charge in [0.15, 0.2) is 0 Å². The fourth-order valence-electron chi connectivity index (χ4n) is 1.76. The van der Waals surface area contributed by atoms with Crippen molar-refractivity contribution in [1.29, 1.82) is 0 Å². The van der Waals surface area contributed by atoms with Gasteiger partial charge in [0.05, 0.1) is 5.69 Å². The van der Waals surface area contributed by atoms with Gasteiger partial charge in [0.1, 0.15) is 12.9 Å². The van der Waals surface area contributed by atoms with Gasteiger partial charge in [-0.1, -0.05) is 12.1 Å². The Morgan fingerprint density at radius 3 is 3.10 bits per heavy atom. The zero-order valence-corrected chi connectivity index (χ0v) is 11.1. The van der Waals surface area contributed by atoms with Crippen LogP contribution in [0.25, 0.3) is 5.69 Å². The van der Waals surface area contributed by atoms with Crippen LogP contribution in [0, 0.1) is 0 Å². The zero-order valence-electron chi connectivity index (χ0n) is 11.1. The number of hydrogen-bond donors (Lipinski definition) is 2. The number of aromatic nitrogens is 4. The first-order valence-electron chi connectivity index (χ1n) is 6.16. The molecule has 20 heavy (non-hydrogen) atoms. The molecule has 1 aromatic heterocycles. The van der Waals surface area contributed by atoms with Crippen molar-refractivity contribution < 1.29 is 9.53 Å². The predicted octanol–water partition coefficient (Wildman–Crippen LogP) is 0.408. The lowest BCUT2D eigenvalue weighted by molar-refractivity contribution is 0.156. The van der Waals surface area contributed by atoms with E-state index in [2.05, 4.69) is 25.6 Å². The Balaban J connectivity index is 1.94. The number of hydrogen-bond acceptors (Lipinski definition) is 6. The van der Waals surface area contributed by atoms with E-state index in [9.17, 15) is 4.79 Å². The number of nitrogens with one attached hydrogen (secondary N) is 1. The summed E-state index contributed by atoms with van der Waals surface area (Å²) in [7, 11) is 0. The van der Waals surface area contributed by atoms with Gasteiger partial charge >= 0.3 is 6.09 Å². The van der Waals surface area contributed by atoms with Crippen molar-refractivity contribution in [3.63, 3.8) is 0 Å². The van der Waals surface area contributed by atoms with Crippen molar-refractivity contribution in [2.24, 2.45) is 5.73 Å². The summed E-state index contributed by atoms with van der Waals surface area (Å²) in [5.74, 6) is 0. The van der Waals surface area contributed by atoms with Crippen molar-refractivity contribution in [2.45, 2.75) is 13.0 Å². The van der Waals surface area contributed by atoms with Gasteiger partial charge < -0.3 is 15.8 Å². The second-order valence-corrected chi connectivity index (χ2v) is 4.19. The molecule has 106 valence electrons. The summed E-state index contributed by atoms with van der Waals surface area (Å²) in [5, 5.41) is 14.3. The summed E-state index contributed by atoms with van der Waals surface area (Å²) >= 11 is 0. The summed E-state index contributed by atoms with van der Waals surface area (Å²) in [6, 6.07) is 7.94. The average molecular weight is 276 g/mol. The van der Waals surface area contributed by atoms with Gasteiger partial charge in [-0.2, -0.15) is 0 Å². The second-order valence-electron chi connectivity index (χ2n) is 4.19. The van der Waals surface area contributed by atoms with Crippen molar-refractivity contribution >= 4 is 6.09 Å². The van der Waals surface area contributed by atoms with Crippen LogP contribution in [0.15, 0.2) is 30.6 Å². The van der Waals surface area contributed by atoms with Gasteiger partial charge in [-0.15, -0.1) is 5.10 Å². The molecule has 3 N–H and O–H groups in total. The van der Waals surface area contributed by atoms with Crippen LogP contribution in [0.1, 0.15) is 18.5 Å². The van der Waals surface area contributed by atoms with Gasteiger partial charge in [-0.3, -0.25) is 0 Å². The van der Waals surface area contributed by atoms with Crippen LogP contribution in [0.3, 0.4) is 0 Å². The average Bonchev–Trinajstić information content (AvgIpc) is 2.97. The van der Waals surface area contributed by atoms with E-state index in [-0.39, 0.29) is 12.6 Å². The van der Waals surface area contributed by atoms with E-state index in [4.69, 9.17) is 5.73 Å². The van der Waals surface area contributed by atoms with Gasteiger partial charge in [0, 0.05) is 12.6 Å². The molecule has 0 aliphatic carbocycles. The summed E-state index contributed by atoms with van der Waals surface area (Å²) in [4.78, 5) is 10.4. The van der Waals surface area contributed by atoms with E-state index in [1.165, 1.54) is 6.33 Å². The SMILES string of the molecule is CC(NCCOC(N)=O)c1cccc(-n2cnnn2)c1. The first kappa shape index (κ1) is 13.9. The fourth-order valence-corrected chi connectivity index (χ4v) is 1.76. The number of ether oxygens (including phenoxy) is 1. The molecule has 8 nitrogen and oxygen atoms in total. The van der Waals surface area contributed by atoms with Crippen molar-refractivity contribution in [1.82, 2.24) is 25.5 Å². The van der Waals surface area contributed by atoms with Gasteiger partial charge in [-0.05, 0) is 35.0 Å². The highest BCUT2D eigenvalue weighted by atomic mass is 16.5. The Hall–Kier alpha value is -2.48. The Labute approximate surface area is 115 Å². The highest BCUT2D eigenvalue weighted by Crippen LogP contribution is 2.15. The maximum absolute atomic E-state index is 10.4. The molecule has 0 spiro atoms. The first-order valence-corrected chi connectivity index (χ1v) is 6.16. The van der Waals surface area contributed by atoms with Gasteiger partial charge in [-0.25, -0.2) is 9.48 Å². The monoisotopic (exact) mass is 276 g/mol. The maximum atomic E-state index is 10.4. The van der Waals surface area contributed by atoms with E-state index in [0.29, 0.717) is 6.54 Å². The number of nitrogens with two attached hydrogens (primary N) is 1. The summed E-state index contributed by atoms with van der Waals surface area (Å²) < 4.78 is 6.25. The lowest BCUT2D eigenvalue weighted by Crippen LogP contribution is -2.26. The molecule has 1 amide bonds. The number of primary amides is 1. The molecule has 0 bridgehead atoms. The molecule has 0 aliphatic rings. The predicted molar refractivity (Wildman–Crippen MR) is 71.1 cm³/mol. The smallest absolute Gasteiger partial charge is 0.404 e. The lowest BCUT2D eigenvalue weighted by atomic mass is 10.1. The molecule has 0 saturated heterocycles. The van der Waals surface area contributed by atoms with Crippen molar-refractivity contribution in [3.05, 3.63) is 36.2 Å². The topological polar surface area (TPSA) is 108 Å². The van der Waals surface area contributed by atoms with Gasteiger partial charge in [0.25, 0.3) is 0 Å². The number of benzene rings is 1. The Bertz CT molecular complexity index is 557. The molecule has 0 radical (unpaired) electrons. The Kier molecular flexibility index (Phi) is 4.61. The van der Waals surface area contributed by atoms with Crippen LogP contribution in [0.2, 0.25) is 0 Å². The molecule has 1 atom stereocenters. The van der Waals surface area contributed by atoms with Gasteiger partial charge in [0.2, 0.25) is 0 Å². The number of rotatable bonds is 6. The number of carbonyl (C=O) groups is 1. The maximum Gasteiger partial charge on any atom is 0.404 e. The van der Waals surface area contributed by atoms with E-state index < -0.39 is 6.09 Å². The molecule has 2 aromatic rings. The minimum Gasteiger partial charge on any atom is -0.448 e. The van der Waals surface area contributed by atoms with Crippen molar-refractivity contribution in [2.75, 3.05) is 13.2 Å². The minimum atomic E-state index is -0.764. The van der Waals surface area contributed by atoms with Crippen LogP contribution in [0.5, 0.6) is 0 Å². The molecule has 0 aliphatic heterocycles. The third-order valence-electron chi connectivity index (χ3n) is 2.78. The molecule has 0 saturated carbocycles. The van der Waals surface area contributed by atoms with E-state index in [0.717, 1.165) is 11.3 Å². The number of tetrazole rings is 1. The first-order chi connectivity index (χ1) is 9.66. The van der Waals surface area contributed by atoms with E-state index in [1.54, 1.807) is 4.68 Å². The molecule has 0 fully saturated rings. The zero-order chi connectivity index (χ0) is 14.4. The van der Waals surface area contributed by atoms with Crippen LogP contribution >= 0.6 is 0 Å². The molecule has 1 unspecified atom stereocenters. The Morgan fingerprint density at radius 1 is 1.55 bits per heavy atom. The molecule has 1 heterocycles. The lowest BCUT2D eigenvalue weighted by Gasteiger charge is -2.15. The number of nitrogens with zero attached hydrogens (tertiary/aromatic N) is 4. The Morgan fingerprint density at radius 2 is 2.40 bits per heavy atom. The molecule has 8 heteroatoms. The second kappa shape index (κ2) is 6.62. The number of carbonyl (C=O) groups excluding carboxylic acids is 1. The van der Waals surface area contributed by atoms with Crippen molar-refractivity contribution in [3.8, 4) is 5.69 Å². The fraction of sp³-hybridized carbons (Fsp3) is 0.333. The standard InChI is InChI=1S/C12H16N6O2/c1-9(14-5-6-20-12(13)19)10-3-2-4-11(7-10)18-8-15-16-17-18/h2-4,7-9,14H,5-6H2,1H3,(H2,13,19). The quantitative estimate of drug-likeness (QED) is 0.740. The number of amides is 1. The summed E-state index contributed by atoms with van der Waals surface area (Å²) in [5.41, 5.74) is 6.85. The third-order valence-corrected chi connectivity index (χ3v) is 2.78. The molecule has 2 rings (SSSR count). The van der Waals surface area contributed by atoms with E-state index in [1.807, 2.05) is 31.2 Å². The molecular weight excluding hydrogens is 260 g/mol. The van der Waals surface area contributed by atoms with Crippen LogP contribution < -0.4 is 11.1 Å². The van der Waals surface area contributed by atoms with Crippen LogP contribution in [-0.4, -0.2) is 39.5 Å².